The van der Waals surface area contributed by atoms with Gasteiger partial charge in [0.15, 0.2) is 0 Å². The average molecular weight is 257 g/mol. The van der Waals surface area contributed by atoms with Crippen LogP contribution in [0.2, 0.25) is 0 Å². The highest BCUT2D eigenvalue weighted by Gasteiger charge is 2.31. The SMILES string of the molecule is COc1ccc(C2N[C@H](C(=O)O)CS2)c(F)c1. The number of hydrogen-bond acceptors (Lipinski definition) is 4. The third kappa shape index (κ3) is 2.53. The van der Waals surface area contributed by atoms with Crippen molar-refractivity contribution in [3.05, 3.63) is 29.6 Å². The second-order valence-electron chi connectivity index (χ2n) is 3.66. The molecule has 2 N–H and O–H groups in total. The van der Waals surface area contributed by atoms with Crippen molar-refractivity contribution < 1.29 is 19.0 Å². The maximum atomic E-state index is 13.7. The number of carbonyl (C=O) groups is 1. The molecule has 1 fully saturated rings. The van der Waals surface area contributed by atoms with Crippen LogP contribution >= 0.6 is 11.8 Å². The van der Waals surface area contributed by atoms with Gasteiger partial charge in [-0.3, -0.25) is 10.1 Å². The molecule has 0 aliphatic carbocycles. The number of hydrogen-bond donors (Lipinski definition) is 2. The predicted molar refractivity (Wildman–Crippen MR) is 62.7 cm³/mol. The van der Waals surface area contributed by atoms with Gasteiger partial charge in [0.05, 0.1) is 12.5 Å². The molecule has 17 heavy (non-hydrogen) atoms. The predicted octanol–water partition coefficient (Wildman–Crippen LogP) is 1.62. The van der Waals surface area contributed by atoms with Crippen molar-refractivity contribution >= 4 is 17.7 Å². The van der Waals surface area contributed by atoms with Crippen LogP contribution in [0.4, 0.5) is 4.39 Å². The molecule has 2 rings (SSSR count). The van der Waals surface area contributed by atoms with Crippen LogP contribution in [0.25, 0.3) is 0 Å². The Kier molecular flexibility index (Phi) is 3.54. The molecular formula is C11H12FNO3S. The third-order valence-corrected chi connectivity index (χ3v) is 3.82. The number of carboxylic acids is 1. The van der Waals surface area contributed by atoms with E-state index in [0.717, 1.165) is 0 Å². The van der Waals surface area contributed by atoms with Crippen LogP contribution < -0.4 is 10.1 Å². The molecule has 0 radical (unpaired) electrons. The zero-order valence-electron chi connectivity index (χ0n) is 9.14. The molecule has 0 bridgehead atoms. The van der Waals surface area contributed by atoms with Crippen molar-refractivity contribution in [1.29, 1.82) is 0 Å². The topological polar surface area (TPSA) is 58.6 Å². The smallest absolute Gasteiger partial charge is 0.321 e. The van der Waals surface area contributed by atoms with Crippen LogP contribution in [0.1, 0.15) is 10.9 Å². The van der Waals surface area contributed by atoms with Crippen molar-refractivity contribution in [3.8, 4) is 5.75 Å². The summed E-state index contributed by atoms with van der Waals surface area (Å²) in [5.41, 5.74) is 0.458. The highest BCUT2D eigenvalue weighted by Crippen LogP contribution is 2.35. The fourth-order valence-corrected chi connectivity index (χ4v) is 2.90. The number of aliphatic carboxylic acids is 1. The molecule has 1 heterocycles. The molecule has 1 aliphatic heterocycles. The molecule has 1 saturated heterocycles. The first-order valence-electron chi connectivity index (χ1n) is 5.05. The van der Waals surface area contributed by atoms with Crippen LogP contribution in [0.5, 0.6) is 5.75 Å². The number of halogens is 1. The summed E-state index contributed by atoms with van der Waals surface area (Å²) in [7, 11) is 1.47. The molecule has 4 nitrogen and oxygen atoms in total. The first-order valence-corrected chi connectivity index (χ1v) is 6.10. The Morgan fingerprint density at radius 3 is 2.94 bits per heavy atom. The van der Waals surface area contributed by atoms with Crippen LogP contribution in [-0.2, 0) is 4.79 Å². The molecule has 0 spiro atoms. The molecule has 1 aliphatic rings. The summed E-state index contributed by atoms with van der Waals surface area (Å²) < 4.78 is 18.6. The van der Waals surface area contributed by atoms with Crippen molar-refractivity contribution in [2.45, 2.75) is 11.4 Å². The van der Waals surface area contributed by atoms with Crippen LogP contribution in [0.3, 0.4) is 0 Å². The Bertz CT molecular complexity index is 441. The summed E-state index contributed by atoms with van der Waals surface area (Å²) in [4.78, 5) is 10.8. The average Bonchev–Trinajstić information content (AvgIpc) is 2.78. The highest BCUT2D eigenvalue weighted by molar-refractivity contribution is 7.99. The maximum absolute atomic E-state index is 13.7. The van der Waals surface area contributed by atoms with Gasteiger partial charge in [0, 0.05) is 17.4 Å². The third-order valence-electron chi connectivity index (χ3n) is 2.57. The van der Waals surface area contributed by atoms with E-state index in [1.165, 1.54) is 24.9 Å². The van der Waals surface area contributed by atoms with E-state index in [1.54, 1.807) is 12.1 Å². The minimum Gasteiger partial charge on any atom is -0.497 e. The van der Waals surface area contributed by atoms with E-state index in [1.807, 2.05) is 0 Å². The molecule has 1 aromatic carbocycles. The van der Waals surface area contributed by atoms with Gasteiger partial charge >= 0.3 is 5.97 Å². The summed E-state index contributed by atoms with van der Waals surface area (Å²) in [5.74, 6) is -0.413. The summed E-state index contributed by atoms with van der Waals surface area (Å²) in [6, 6.07) is 3.95. The van der Waals surface area contributed by atoms with Crippen LogP contribution in [0.15, 0.2) is 18.2 Å². The number of rotatable bonds is 3. The lowest BCUT2D eigenvalue weighted by Gasteiger charge is -2.13. The van der Waals surface area contributed by atoms with Crippen LogP contribution in [0, 0.1) is 5.82 Å². The maximum Gasteiger partial charge on any atom is 0.321 e. The number of carboxylic acid groups (broad SMARTS) is 1. The Morgan fingerprint density at radius 1 is 1.65 bits per heavy atom. The minimum absolute atomic E-state index is 0.318. The van der Waals surface area contributed by atoms with Gasteiger partial charge in [0.1, 0.15) is 17.6 Å². The molecule has 1 aromatic rings. The number of benzene rings is 1. The zero-order chi connectivity index (χ0) is 12.4. The second kappa shape index (κ2) is 4.93. The summed E-state index contributed by atoms with van der Waals surface area (Å²) in [6.07, 6.45) is 0. The second-order valence-corrected chi connectivity index (χ2v) is 4.80. The summed E-state index contributed by atoms with van der Waals surface area (Å²) in [5, 5.41) is 11.4. The molecule has 1 unspecified atom stereocenters. The van der Waals surface area contributed by atoms with Gasteiger partial charge in [-0.25, -0.2) is 4.39 Å². The minimum atomic E-state index is -0.908. The summed E-state index contributed by atoms with van der Waals surface area (Å²) in [6.45, 7) is 0. The first kappa shape index (κ1) is 12.2. The van der Waals surface area contributed by atoms with E-state index in [2.05, 4.69) is 5.32 Å². The summed E-state index contributed by atoms with van der Waals surface area (Å²) >= 11 is 1.39. The molecule has 0 aromatic heterocycles. The Morgan fingerprint density at radius 2 is 2.41 bits per heavy atom. The van der Waals surface area contributed by atoms with Gasteiger partial charge in [-0.15, -0.1) is 11.8 Å². The number of ether oxygens (including phenoxy) is 1. The van der Waals surface area contributed by atoms with Crippen molar-refractivity contribution in [3.63, 3.8) is 0 Å². The molecule has 0 saturated carbocycles. The standard InChI is InChI=1S/C11H12FNO3S/c1-16-6-2-3-7(8(12)4-6)10-13-9(5-17-10)11(14)15/h2-4,9-10,13H,5H2,1H3,(H,14,15)/t9-,10?/m0/s1. The largest absolute Gasteiger partial charge is 0.497 e. The monoisotopic (exact) mass is 257 g/mol. The highest BCUT2D eigenvalue weighted by atomic mass is 32.2. The molecule has 6 heteroatoms. The van der Waals surface area contributed by atoms with Gasteiger partial charge in [-0.1, -0.05) is 0 Å². The Labute approximate surface area is 102 Å². The molecule has 0 amide bonds. The van der Waals surface area contributed by atoms with Crippen molar-refractivity contribution in [2.75, 3.05) is 12.9 Å². The molecule has 2 atom stereocenters. The van der Waals surface area contributed by atoms with E-state index in [9.17, 15) is 9.18 Å². The van der Waals surface area contributed by atoms with E-state index < -0.39 is 12.0 Å². The normalized spacial score (nSPS) is 23.6. The van der Waals surface area contributed by atoms with E-state index in [4.69, 9.17) is 9.84 Å². The Balaban J connectivity index is 2.16. The van der Waals surface area contributed by atoms with Gasteiger partial charge in [0.2, 0.25) is 0 Å². The van der Waals surface area contributed by atoms with Gasteiger partial charge in [-0.2, -0.15) is 0 Å². The molecular weight excluding hydrogens is 245 g/mol. The van der Waals surface area contributed by atoms with Crippen molar-refractivity contribution in [2.24, 2.45) is 0 Å². The van der Waals surface area contributed by atoms with Crippen molar-refractivity contribution in [1.82, 2.24) is 5.32 Å². The quantitative estimate of drug-likeness (QED) is 0.861. The van der Waals surface area contributed by atoms with E-state index in [-0.39, 0.29) is 11.2 Å². The fourth-order valence-electron chi connectivity index (χ4n) is 1.64. The van der Waals surface area contributed by atoms with Gasteiger partial charge in [-0.05, 0) is 12.1 Å². The fraction of sp³-hybridized carbons (Fsp3) is 0.364. The molecule has 92 valence electrons. The van der Waals surface area contributed by atoms with Gasteiger partial charge in [0.25, 0.3) is 0 Å². The van der Waals surface area contributed by atoms with E-state index >= 15 is 0 Å². The number of nitrogens with one attached hydrogen (secondary N) is 1. The van der Waals surface area contributed by atoms with Crippen LogP contribution in [-0.4, -0.2) is 30.0 Å². The zero-order valence-corrected chi connectivity index (χ0v) is 9.96. The lowest BCUT2D eigenvalue weighted by molar-refractivity contribution is -0.138. The Hall–Kier alpha value is -1.27. The van der Waals surface area contributed by atoms with E-state index in [0.29, 0.717) is 17.1 Å². The first-order chi connectivity index (χ1) is 8.11. The number of thioether (sulfide) groups is 1. The van der Waals surface area contributed by atoms with Gasteiger partial charge < -0.3 is 9.84 Å². The lowest BCUT2D eigenvalue weighted by Crippen LogP contribution is -2.33. The lowest BCUT2D eigenvalue weighted by atomic mass is 10.2. The number of methoxy groups -OCH3 is 1.